The molecule has 0 spiro atoms. The smallest absolute Gasteiger partial charge is 0.0696 e. The number of benzene rings is 2. The van der Waals surface area contributed by atoms with Crippen molar-refractivity contribution in [1.82, 2.24) is 0 Å². The van der Waals surface area contributed by atoms with Crippen LogP contribution in [0.4, 0.5) is 11.4 Å². The lowest BCUT2D eigenvalue weighted by Crippen LogP contribution is -2.48. The molecule has 2 aliphatic carbocycles. The summed E-state index contributed by atoms with van der Waals surface area (Å²) >= 11 is 0. The summed E-state index contributed by atoms with van der Waals surface area (Å²) in [5.74, 6) is 1.07. The molecular weight excluding hydrogens is 452 g/mol. The van der Waals surface area contributed by atoms with Crippen molar-refractivity contribution >= 4 is 11.4 Å². The molecule has 0 heterocycles. The van der Waals surface area contributed by atoms with Gasteiger partial charge in [0.2, 0.25) is 0 Å². The van der Waals surface area contributed by atoms with Crippen molar-refractivity contribution in [3.63, 3.8) is 0 Å². The number of hydrogen-bond donors (Lipinski definition) is 2. The Morgan fingerprint density at radius 1 is 0.595 bits per heavy atom. The maximum Gasteiger partial charge on any atom is 0.0696 e. The molecule has 0 radical (unpaired) electrons. The summed E-state index contributed by atoms with van der Waals surface area (Å²) in [6.45, 7) is 4.65. The molecule has 0 amide bonds. The summed E-state index contributed by atoms with van der Waals surface area (Å²) in [4.78, 5) is 0. The molecule has 2 fully saturated rings. The molecule has 2 atom stereocenters. The van der Waals surface area contributed by atoms with E-state index in [-0.39, 0.29) is 11.2 Å². The van der Waals surface area contributed by atoms with Crippen molar-refractivity contribution in [2.75, 3.05) is 11.5 Å². The first kappa shape index (κ1) is 28.0. The van der Waals surface area contributed by atoms with Gasteiger partial charge in [-0.15, -0.1) is 0 Å². The second-order valence-electron chi connectivity index (χ2n) is 12.3. The molecule has 4 rings (SSSR count). The molecule has 37 heavy (non-hydrogen) atoms. The SMILES string of the molecule is CCCC(CC1(OC2(CC(CCC)c3ccc(N)cc3)CCCCC2)CCCCC1)c1ccc(N)cc1. The molecule has 0 saturated heterocycles. The van der Waals surface area contributed by atoms with Gasteiger partial charge in [0.05, 0.1) is 11.2 Å². The number of anilines is 2. The van der Waals surface area contributed by atoms with Gasteiger partial charge < -0.3 is 16.2 Å². The van der Waals surface area contributed by atoms with Crippen LogP contribution in [0.25, 0.3) is 0 Å². The van der Waals surface area contributed by atoms with E-state index in [1.165, 1.54) is 101 Å². The lowest BCUT2D eigenvalue weighted by atomic mass is 9.72. The van der Waals surface area contributed by atoms with Gasteiger partial charge in [-0.2, -0.15) is 0 Å². The Morgan fingerprint density at radius 3 is 1.27 bits per heavy atom. The molecule has 3 nitrogen and oxygen atoms in total. The van der Waals surface area contributed by atoms with Gasteiger partial charge in [0.15, 0.2) is 0 Å². The van der Waals surface area contributed by atoms with Crippen molar-refractivity contribution in [1.29, 1.82) is 0 Å². The van der Waals surface area contributed by atoms with Gasteiger partial charge in [-0.05, 0) is 98.6 Å². The van der Waals surface area contributed by atoms with Crippen LogP contribution in [0.2, 0.25) is 0 Å². The molecule has 0 aromatic heterocycles. The first-order valence-corrected chi connectivity index (χ1v) is 15.4. The molecule has 204 valence electrons. The Labute approximate surface area is 226 Å². The van der Waals surface area contributed by atoms with E-state index in [1.54, 1.807) is 0 Å². The Kier molecular flexibility index (Phi) is 9.98. The topological polar surface area (TPSA) is 61.3 Å². The zero-order chi connectivity index (χ0) is 26.1. The molecule has 4 N–H and O–H groups in total. The highest BCUT2D eigenvalue weighted by Gasteiger charge is 2.45. The Hall–Kier alpha value is -2.00. The van der Waals surface area contributed by atoms with Crippen molar-refractivity contribution in [2.24, 2.45) is 0 Å². The van der Waals surface area contributed by atoms with E-state index in [9.17, 15) is 0 Å². The molecule has 2 unspecified atom stereocenters. The van der Waals surface area contributed by atoms with Crippen molar-refractivity contribution < 1.29 is 4.74 Å². The maximum absolute atomic E-state index is 7.70. The van der Waals surface area contributed by atoms with Crippen LogP contribution in [0.3, 0.4) is 0 Å². The van der Waals surface area contributed by atoms with Gasteiger partial charge in [0.25, 0.3) is 0 Å². The van der Waals surface area contributed by atoms with Crippen LogP contribution in [0.5, 0.6) is 0 Å². The van der Waals surface area contributed by atoms with E-state index in [4.69, 9.17) is 16.2 Å². The quantitative estimate of drug-likeness (QED) is 0.283. The third-order valence-corrected chi connectivity index (χ3v) is 9.29. The summed E-state index contributed by atoms with van der Waals surface area (Å²) in [7, 11) is 0. The maximum atomic E-state index is 7.70. The highest BCUT2D eigenvalue weighted by molar-refractivity contribution is 5.41. The molecule has 2 aliphatic rings. The minimum atomic E-state index is -0.00526. The number of hydrogen-bond acceptors (Lipinski definition) is 3. The minimum absolute atomic E-state index is 0.00526. The van der Waals surface area contributed by atoms with Crippen LogP contribution in [-0.2, 0) is 4.74 Å². The van der Waals surface area contributed by atoms with E-state index in [2.05, 4.69) is 62.4 Å². The number of rotatable bonds is 12. The van der Waals surface area contributed by atoms with Crippen LogP contribution in [0, 0.1) is 0 Å². The molecule has 2 saturated carbocycles. The largest absolute Gasteiger partial charge is 0.399 e. The van der Waals surface area contributed by atoms with E-state index in [0.29, 0.717) is 11.8 Å². The second-order valence-corrected chi connectivity index (χ2v) is 12.3. The van der Waals surface area contributed by atoms with Crippen LogP contribution in [0.15, 0.2) is 48.5 Å². The van der Waals surface area contributed by atoms with Gasteiger partial charge in [-0.1, -0.05) is 89.5 Å². The minimum Gasteiger partial charge on any atom is -0.399 e. The molecule has 2 aromatic rings. The Morgan fingerprint density at radius 2 is 0.946 bits per heavy atom. The number of ether oxygens (including phenoxy) is 1. The van der Waals surface area contributed by atoms with Gasteiger partial charge in [-0.3, -0.25) is 0 Å². The van der Waals surface area contributed by atoms with Gasteiger partial charge in [0, 0.05) is 11.4 Å². The van der Waals surface area contributed by atoms with Crippen molar-refractivity contribution in [2.45, 2.75) is 140 Å². The van der Waals surface area contributed by atoms with Gasteiger partial charge in [-0.25, -0.2) is 0 Å². The van der Waals surface area contributed by atoms with Crippen LogP contribution >= 0.6 is 0 Å². The highest BCUT2D eigenvalue weighted by atomic mass is 16.5. The highest BCUT2D eigenvalue weighted by Crippen LogP contribution is 2.49. The summed E-state index contributed by atoms with van der Waals surface area (Å²) in [6.07, 6.45) is 19.9. The summed E-state index contributed by atoms with van der Waals surface area (Å²) in [5.41, 5.74) is 16.7. The lowest BCUT2D eigenvalue weighted by molar-refractivity contribution is -0.195. The van der Waals surface area contributed by atoms with Crippen molar-refractivity contribution in [3.8, 4) is 0 Å². The summed E-state index contributed by atoms with van der Waals surface area (Å²) in [6, 6.07) is 17.4. The molecule has 3 heteroatoms. The monoisotopic (exact) mass is 504 g/mol. The third-order valence-electron chi connectivity index (χ3n) is 9.29. The Balaban J connectivity index is 1.62. The molecule has 0 bridgehead atoms. The zero-order valence-corrected chi connectivity index (χ0v) is 23.7. The number of nitrogen functional groups attached to an aromatic ring is 2. The molecular formula is C34H52N2O. The Bertz CT molecular complexity index is 846. The standard InChI is InChI=1S/C34H52N2O/c1-3-11-29(27-13-17-31(35)18-14-27)25-33(21-7-5-8-22-33)37-34(23-9-6-10-24-34)26-30(12-4-2)28-15-19-32(36)20-16-28/h13-20,29-30H,3-12,21-26,35-36H2,1-2H3. The predicted octanol–water partition coefficient (Wildman–Crippen LogP) is 9.52. The average molecular weight is 505 g/mol. The normalized spacial score (nSPS) is 20.8. The van der Waals surface area contributed by atoms with E-state index >= 15 is 0 Å². The number of nitrogens with two attached hydrogens (primary N) is 2. The fraction of sp³-hybridized carbons (Fsp3) is 0.647. The summed E-state index contributed by atoms with van der Waals surface area (Å²) < 4.78 is 7.70. The van der Waals surface area contributed by atoms with Gasteiger partial charge in [0.1, 0.15) is 0 Å². The van der Waals surface area contributed by atoms with Crippen molar-refractivity contribution in [3.05, 3.63) is 59.7 Å². The molecule has 0 aliphatic heterocycles. The van der Waals surface area contributed by atoms with Crippen LogP contribution in [0.1, 0.15) is 140 Å². The molecule has 2 aromatic carbocycles. The first-order valence-electron chi connectivity index (χ1n) is 15.4. The predicted molar refractivity (Wildman–Crippen MR) is 159 cm³/mol. The fourth-order valence-electron chi connectivity index (χ4n) is 7.45. The lowest BCUT2D eigenvalue weighted by Gasteiger charge is -2.50. The third kappa shape index (κ3) is 7.53. The second kappa shape index (κ2) is 13.2. The first-order chi connectivity index (χ1) is 18.0. The van der Waals surface area contributed by atoms with E-state index < -0.39 is 0 Å². The average Bonchev–Trinajstić information content (AvgIpc) is 2.90. The van der Waals surface area contributed by atoms with E-state index in [0.717, 1.165) is 24.2 Å². The van der Waals surface area contributed by atoms with Crippen LogP contribution < -0.4 is 11.5 Å². The fourth-order valence-corrected chi connectivity index (χ4v) is 7.45. The zero-order valence-electron chi connectivity index (χ0n) is 23.7. The van der Waals surface area contributed by atoms with Gasteiger partial charge >= 0.3 is 0 Å². The van der Waals surface area contributed by atoms with E-state index in [1.807, 2.05) is 0 Å². The van der Waals surface area contributed by atoms with Crippen LogP contribution in [-0.4, -0.2) is 11.2 Å². The summed E-state index contributed by atoms with van der Waals surface area (Å²) in [5, 5.41) is 0.